The quantitative estimate of drug-likeness (QED) is 0.545. The Labute approximate surface area is 111 Å². The molecule has 0 spiro atoms. The van der Waals surface area contributed by atoms with Crippen LogP contribution in [0.5, 0.6) is 0 Å². The Hall–Kier alpha value is -0.690. The Bertz CT molecular complexity index is 366. The Kier molecular flexibility index (Phi) is 8.07. The predicted molar refractivity (Wildman–Crippen MR) is 71.3 cm³/mol. The van der Waals surface area contributed by atoms with E-state index < -0.39 is 5.97 Å². The summed E-state index contributed by atoms with van der Waals surface area (Å²) < 4.78 is 0. The summed E-state index contributed by atoms with van der Waals surface area (Å²) >= 11 is 8.02. The Morgan fingerprint density at radius 3 is 2.29 bits per heavy atom. The fourth-order valence-electron chi connectivity index (χ4n) is 0.891. The maximum atomic E-state index is 10.5. The van der Waals surface area contributed by atoms with Gasteiger partial charge < -0.3 is 15.3 Å². The van der Waals surface area contributed by atoms with Crippen LogP contribution in [0.1, 0.15) is 23.7 Å². The molecule has 1 unspecified atom stereocenters. The van der Waals surface area contributed by atoms with Crippen LogP contribution >= 0.6 is 25.3 Å². The Morgan fingerprint density at radius 2 is 2.00 bits per heavy atom. The molecule has 4 nitrogen and oxygen atoms in total. The summed E-state index contributed by atoms with van der Waals surface area (Å²) in [5.41, 5.74) is 0.181. The molecule has 0 saturated heterocycles. The zero-order valence-corrected chi connectivity index (χ0v) is 11.2. The van der Waals surface area contributed by atoms with Crippen molar-refractivity contribution in [3.63, 3.8) is 0 Å². The number of thiol groups is 2. The standard InChI is InChI=1S/C7H6O2S2.C4H10O2/c8-7(9)4-2-1-3-5(10)6(4)11;1-4(6)2-3-5/h1-3,10-11H,(H,8,9);4-6H,2-3H2,1H3. The van der Waals surface area contributed by atoms with Crippen LogP contribution < -0.4 is 0 Å². The van der Waals surface area contributed by atoms with E-state index in [1.807, 2.05) is 0 Å². The molecule has 0 fully saturated rings. The second-order valence-corrected chi connectivity index (χ2v) is 4.27. The molecule has 0 radical (unpaired) electrons. The summed E-state index contributed by atoms with van der Waals surface area (Å²) in [6.45, 7) is 1.73. The minimum Gasteiger partial charge on any atom is -0.478 e. The number of carbonyl (C=O) groups is 1. The highest BCUT2D eigenvalue weighted by atomic mass is 32.1. The normalized spacial score (nSPS) is 11.4. The van der Waals surface area contributed by atoms with E-state index in [1.165, 1.54) is 6.07 Å². The number of aliphatic hydroxyl groups excluding tert-OH is 2. The van der Waals surface area contributed by atoms with Crippen molar-refractivity contribution < 1.29 is 20.1 Å². The lowest BCUT2D eigenvalue weighted by atomic mass is 10.2. The van der Waals surface area contributed by atoms with E-state index >= 15 is 0 Å². The zero-order valence-electron chi connectivity index (χ0n) is 9.37. The first-order chi connectivity index (χ1) is 7.90. The molecule has 0 amide bonds. The molecule has 96 valence electrons. The van der Waals surface area contributed by atoms with Gasteiger partial charge in [0.05, 0.1) is 11.7 Å². The van der Waals surface area contributed by atoms with Crippen LogP contribution in [0.4, 0.5) is 0 Å². The minimum atomic E-state index is -0.981. The fourth-order valence-corrected chi connectivity index (χ4v) is 1.34. The van der Waals surface area contributed by atoms with Crippen LogP contribution in [-0.2, 0) is 0 Å². The number of carboxylic acid groups (broad SMARTS) is 1. The van der Waals surface area contributed by atoms with E-state index in [-0.39, 0.29) is 18.3 Å². The third-order valence-electron chi connectivity index (χ3n) is 1.79. The largest absolute Gasteiger partial charge is 0.478 e. The van der Waals surface area contributed by atoms with Gasteiger partial charge in [-0.05, 0) is 25.5 Å². The van der Waals surface area contributed by atoms with Crippen LogP contribution in [0.15, 0.2) is 28.0 Å². The van der Waals surface area contributed by atoms with Crippen molar-refractivity contribution in [3.8, 4) is 0 Å². The average molecular weight is 276 g/mol. The molecule has 3 N–H and O–H groups in total. The van der Waals surface area contributed by atoms with E-state index in [0.717, 1.165) is 0 Å². The monoisotopic (exact) mass is 276 g/mol. The lowest BCUT2D eigenvalue weighted by molar-refractivity contribution is 0.0692. The molecule has 0 heterocycles. The number of aromatic carboxylic acids is 1. The van der Waals surface area contributed by atoms with Gasteiger partial charge in [-0.2, -0.15) is 0 Å². The number of hydrogen-bond acceptors (Lipinski definition) is 5. The van der Waals surface area contributed by atoms with Gasteiger partial charge in [-0.3, -0.25) is 0 Å². The van der Waals surface area contributed by atoms with Crippen molar-refractivity contribution in [3.05, 3.63) is 23.8 Å². The highest BCUT2D eigenvalue weighted by molar-refractivity contribution is 7.83. The maximum absolute atomic E-state index is 10.5. The Balaban J connectivity index is 0.000000366. The van der Waals surface area contributed by atoms with Crippen LogP contribution in [0.25, 0.3) is 0 Å². The van der Waals surface area contributed by atoms with Crippen molar-refractivity contribution in [1.82, 2.24) is 0 Å². The number of rotatable bonds is 3. The molecule has 6 heteroatoms. The summed E-state index contributed by atoms with van der Waals surface area (Å²) in [6.07, 6.45) is 0.134. The molecule has 0 aromatic heterocycles. The van der Waals surface area contributed by atoms with Crippen molar-refractivity contribution in [1.29, 1.82) is 0 Å². The van der Waals surface area contributed by atoms with Crippen molar-refractivity contribution in [2.24, 2.45) is 0 Å². The lowest BCUT2D eigenvalue weighted by Gasteiger charge is -2.00. The highest BCUT2D eigenvalue weighted by Gasteiger charge is 2.07. The molecule has 17 heavy (non-hydrogen) atoms. The number of aliphatic hydroxyl groups is 2. The van der Waals surface area contributed by atoms with Crippen LogP contribution in [0, 0.1) is 0 Å². The van der Waals surface area contributed by atoms with E-state index in [4.69, 9.17) is 15.3 Å². The summed E-state index contributed by atoms with van der Waals surface area (Å²) in [4.78, 5) is 11.5. The average Bonchev–Trinajstić information content (AvgIpc) is 2.22. The molecule has 1 aromatic carbocycles. The van der Waals surface area contributed by atoms with E-state index in [9.17, 15) is 4.79 Å². The van der Waals surface area contributed by atoms with Crippen LogP contribution in [-0.4, -0.2) is 34.0 Å². The summed E-state index contributed by atoms with van der Waals surface area (Å²) in [6, 6.07) is 4.81. The van der Waals surface area contributed by atoms with Gasteiger partial charge in [0, 0.05) is 16.4 Å². The predicted octanol–water partition coefficient (Wildman–Crippen LogP) is 1.71. The van der Waals surface area contributed by atoms with Gasteiger partial charge in [-0.15, -0.1) is 25.3 Å². The first kappa shape index (κ1) is 16.3. The first-order valence-electron chi connectivity index (χ1n) is 4.93. The molecule has 0 saturated carbocycles. The third-order valence-corrected chi connectivity index (χ3v) is 2.82. The molecule has 0 aliphatic heterocycles. The SMILES string of the molecule is CC(O)CCO.O=C(O)c1cccc(S)c1S. The van der Waals surface area contributed by atoms with E-state index in [0.29, 0.717) is 16.2 Å². The van der Waals surface area contributed by atoms with Gasteiger partial charge in [-0.1, -0.05) is 6.07 Å². The van der Waals surface area contributed by atoms with E-state index in [1.54, 1.807) is 19.1 Å². The molecule has 0 bridgehead atoms. The van der Waals surface area contributed by atoms with Gasteiger partial charge in [0.2, 0.25) is 0 Å². The molecule has 0 aliphatic rings. The lowest BCUT2D eigenvalue weighted by Crippen LogP contribution is -2.00. The zero-order chi connectivity index (χ0) is 13.4. The molecule has 1 atom stereocenters. The van der Waals surface area contributed by atoms with Crippen molar-refractivity contribution in [2.75, 3.05) is 6.61 Å². The molecule has 1 rings (SSSR count). The van der Waals surface area contributed by atoms with Gasteiger partial charge in [0.15, 0.2) is 0 Å². The van der Waals surface area contributed by atoms with Gasteiger partial charge in [0.1, 0.15) is 0 Å². The third kappa shape index (κ3) is 6.58. The van der Waals surface area contributed by atoms with Crippen LogP contribution in [0.2, 0.25) is 0 Å². The van der Waals surface area contributed by atoms with Gasteiger partial charge >= 0.3 is 5.97 Å². The minimum absolute atomic E-state index is 0.0810. The van der Waals surface area contributed by atoms with Crippen LogP contribution in [0.3, 0.4) is 0 Å². The number of hydrogen-bond donors (Lipinski definition) is 5. The first-order valence-corrected chi connectivity index (χ1v) is 5.82. The van der Waals surface area contributed by atoms with Crippen molar-refractivity contribution in [2.45, 2.75) is 29.2 Å². The van der Waals surface area contributed by atoms with E-state index in [2.05, 4.69) is 25.3 Å². The molecule has 0 aliphatic carbocycles. The second kappa shape index (κ2) is 8.41. The second-order valence-electron chi connectivity index (χ2n) is 3.34. The number of benzene rings is 1. The van der Waals surface area contributed by atoms with Crippen molar-refractivity contribution >= 4 is 31.2 Å². The number of carboxylic acids is 1. The smallest absolute Gasteiger partial charge is 0.336 e. The topological polar surface area (TPSA) is 77.8 Å². The van der Waals surface area contributed by atoms with Gasteiger partial charge in [0.25, 0.3) is 0 Å². The van der Waals surface area contributed by atoms with Gasteiger partial charge in [-0.25, -0.2) is 4.79 Å². The molecule has 1 aromatic rings. The fraction of sp³-hybridized carbons (Fsp3) is 0.364. The summed E-state index contributed by atoms with van der Waals surface area (Å²) in [5.74, 6) is -0.981. The Morgan fingerprint density at radius 1 is 1.41 bits per heavy atom. The summed E-state index contributed by atoms with van der Waals surface area (Å²) in [5, 5.41) is 25.1. The molecular weight excluding hydrogens is 260 g/mol. The maximum Gasteiger partial charge on any atom is 0.336 e. The summed E-state index contributed by atoms with van der Waals surface area (Å²) in [7, 11) is 0. The molecular formula is C11H16O4S2. The highest BCUT2D eigenvalue weighted by Crippen LogP contribution is 2.21.